The predicted molar refractivity (Wildman–Crippen MR) is 140 cm³/mol. The molecule has 5 nitrogen and oxygen atoms in total. The van der Waals surface area contributed by atoms with Crippen molar-refractivity contribution in [3.05, 3.63) is 77.9 Å². The van der Waals surface area contributed by atoms with E-state index >= 15 is 0 Å². The van der Waals surface area contributed by atoms with Crippen LogP contribution in [0.2, 0.25) is 0 Å². The highest BCUT2D eigenvalue weighted by molar-refractivity contribution is 7.99. The topological polar surface area (TPSA) is 62.2 Å². The second kappa shape index (κ2) is 10.4. The van der Waals surface area contributed by atoms with Crippen LogP contribution in [0.3, 0.4) is 0 Å². The van der Waals surface area contributed by atoms with Crippen molar-refractivity contribution in [1.82, 2.24) is 4.90 Å². The molecule has 35 heavy (non-hydrogen) atoms. The van der Waals surface area contributed by atoms with E-state index in [1.165, 1.54) is 19.4 Å². The van der Waals surface area contributed by atoms with Crippen LogP contribution in [0, 0.1) is 5.92 Å². The highest BCUT2D eigenvalue weighted by atomic mass is 32.2. The molecule has 184 valence electrons. The number of likely N-dealkylation sites (tertiary alicyclic amines) is 1. The number of thioether (sulfide) groups is 1. The van der Waals surface area contributed by atoms with E-state index in [-0.39, 0.29) is 22.9 Å². The highest BCUT2D eigenvalue weighted by Gasteiger charge is 2.34. The van der Waals surface area contributed by atoms with Gasteiger partial charge in [0.1, 0.15) is 35.7 Å². The van der Waals surface area contributed by atoms with Crippen LogP contribution in [-0.4, -0.2) is 40.9 Å². The third-order valence-electron chi connectivity index (χ3n) is 7.13. The largest absolute Gasteiger partial charge is 0.508 e. The summed E-state index contributed by atoms with van der Waals surface area (Å²) in [7, 11) is 0. The van der Waals surface area contributed by atoms with E-state index in [1.54, 1.807) is 36.0 Å². The lowest BCUT2D eigenvalue weighted by atomic mass is 10.00. The third kappa shape index (κ3) is 5.39. The van der Waals surface area contributed by atoms with E-state index in [4.69, 9.17) is 9.47 Å². The van der Waals surface area contributed by atoms with Crippen molar-refractivity contribution >= 4 is 11.8 Å². The van der Waals surface area contributed by atoms with Gasteiger partial charge in [0.2, 0.25) is 0 Å². The molecule has 0 unspecified atom stereocenters. The number of nitrogens with zero attached hydrogens (tertiary/aromatic N) is 1. The second-order valence-electron chi connectivity index (χ2n) is 9.59. The maximum Gasteiger partial charge on any atom is 0.140 e. The van der Waals surface area contributed by atoms with Gasteiger partial charge in [-0.3, -0.25) is 4.90 Å². The zero-order chi connectivity index (χ0) is 24.4. The molecule has 0 aromatic heterocycles. The summed E-state index contributed by atoms with van der Waals surface area (Å²) in [6.07, 6.45) is 2.29. The van der Waals surface area contributed by atoms with Gasteiger partial charge in [0.15, 0.2) is 0 Å². The minimum Gasteiger partial charge on any atom is -0.508 e. The Morgan fingerprint density at radius 1 is 1.03 bits per heavy atom. The molecule has 0 bridgehead atoms. The normalized spacial score (nSPS) is 22.9. The zero-order valence-corrected chi connectivity index (χ0v) is 21.1. The summed E-state index contributed by atoms with van der Waals surface area (Å²) >= 11 is 1.64. The molecule has 1 fully saturated rings. The number of fused-ring (bicyclic) bond motifs is 1. The molecule has 1 saturated heterocycles. The van der Waals surface area contributed by atoms with Gasteiger partial charge in [-0.05, 0) is 79.4 Å². The summed E-state index contributed by atoms with van der Waals surface area (Å²) in [6.45, 7) is 7.53. The van der Waals surface area contributed by atoms with E-state index in [1.807, 2.05) is 30.3 Å². The van der Waals surface area contributed by atoms with Crippen molar-refractivity contribution in [2.24, 2.45) is 5.92 Å². The molecule has 0 saturated carbocycles. The van der Waals surface area contributed by atoms with E-state index in [0.29, 0.717) is 12.6 Å². The SMILES string of the molecule is CC[C@@H]1CCN([C@@H](C)COc2ccc([C@@H]3Oc4ccc(O)cc4S[C@@H]3c3cccc(O)c3)cc2)C1. The predicted octanol–water partition coefficient (Wildman–Crippen LogP) is 6.56. The molecule has 0 aliphatic carbocycles. The molecule has 6 heteroatoms. The minimum absolute atomic E-state index is 0.0788. The van der Waals surface area contributed by atoms with Crippen LogP contribution in [-0.2, 0) is 0 Å². The summed E-state index contributed by atoms with van der Waals surface area (Å²) in [5.74, 6) is 2.86. The van der Waals surface area contributed by atoms with Gasteiger partial charge in [-0.1, -0.05) is 37.6 Å². The van der Waals surface area contributed by atoms with E-state index in [9.17, 15) is 10.2 Å². The summed E-state index contributed by atoms with van der Waals surface area (Å²) in [5.41, 5.74) is 2.01. The average molecular weight is 492 g/mol. The van der Waals surface area contributed by atoms with Gasteiger partial charge in [0.05, 0.1) is 10.1 Å². The molecule has 0 amide bonds. The first kappa shape index (κ1) is 23.9. The number of ether oxygens (including phenoxy) is 2. The summed E-state index contributed by atoms with van der Waals surface area (Å²) < 4.78 is 12.6. The molecular formula is C29H33NO4S. The monoisotopic (exact) mass is 491 g/mol. The molecule has 3 aromatic rings. The molecule has 4 atom stereocenters. The lowest BCUT2D eigenvalue weighted by Crippen LogP contribution is -2.35. The second-order valence-corrected chi connectivity index (χ2v) is 10.8. The number of rotatable bonds is 7. The highest BCUT2D eigenvalue weighted by Crippen LogP contribution is 2.54. The van der Waals surface area contributed by atoms with Crippen LogP contribution in [0.1, 0.15) is 49.2 Å². The molecule has 0 radical (unpaired) electrons. The summed E-state index contributed by atoms with van der Waals surface area (Å²) in [5, 5.41) is 20.0. The lowest BCUT2D eigenvalue weighted by molar-refractivity contribution is 0.167. The fraction of sp³-hybridized carbons (Fsp3) is 0.379. The Kier molecular flexibility index (Phi) is 7.12. The lowest BCUT2D eigenvalue weighted by Gasteiger charge is -2.34. The zero-order valence-electron chi connectivity index (χ0n) is 20.3. The van der Waals surface area contributed by atoms with Crippen molar-refractivity contribution in [2.45, 2.75) is 49.0 Å². The Balaban J connectivity index is 1.32. The fourth-order valence-electron chi connectivity index (χ4n) is 4.94. The maximum atomic E-state index is 10.1. The quantitative estimate of drug-likeness (QED) is 0.390. The van der Waals surface area contributed by atoms with Crippen molar-refractivity contribution in [1.29, 1.82) is 0 Å². The standard InChI is InChI=1S/C29H33NO4S/c1-3-20-13-14-30(17-20)19(2)18-33-25-10-7-21(8-11-25)28-29(22-5-4-6-23(31)15-22)35-27-16-24(32)9-12-26(27)34-28/h4-12,15-16,19-20,28-29,31-32H,3,13-14,17-18H2,1-2H3/t19-,20+,28-,29+/m0/s1. The van der Waals surface area contributed by atoms with Crippen molar-refractivity contribution in [3.63, 3.8) is 0 Å². The Labute approximate surface area is 211 Å². The number of hydrogen-bond donors (Lipinski definition) is 2. The number of aromatic hydroxyl groups is 2. The molecule has 2 aliphatic heterocycles. The Morgan fingerprint density at radius 3 is 2.57 bits per heavy atom. The molecule has 5 rings (SSSR count). The first-order valence-electron chi connectivity index (χ1n) is 12.4. The van der Waals surface area contributed by atoms with Crippen LogP contribution >= 0.6 is 11.8 Å². The van der Waals surface area contributed by atoms with Gasteiger partial charge in [-0.25, -0.2) is 0 Å². The van der Waals surface area contributed by atoms with Crippen LogP contribution in [0.5, 0.6) is 23.0 Å². The van der Waals surface area contributed by atoms with Gasteiger partial charge in [0, 0.05) is 12.6 Å². The number of hydrogen-bond acceptors (Lipinski definition) is 6. The molecule has 2 N–H and O–H groups in total. The van der Waals surface area contributed by atoms with Gasteiger partial charge >= 0.3 is 0 Å². The van der Waals surface area contributed by atoms with Crippen LogP contribution in [0.15, 0.2) is 71.6 Å². The van der Waals surface area contributed by atoms with Gasteiger partial charge in [-0.15, -0.1) is 11.8 Å². The Morgan fingerprint density at radius 2 is 1.83 bits per heavy atom. The fourth-order valence-corrected chi connectivity index (χ4v) is 6.26. The third-order valence-corrected chi connectivity index (χ3v) is 8.47. The van der Waals surface area contributed by atoms with Crippen LogP contribution in [0.4, 0.5) is 0 Å². The maximum absolute atomic E-state index is 10.1. The molecule has 3 aromatic carbocycles. The molecule has 0 spiro atoms. The van der Waals surface area contributed by atoms with E-state index in [0.717, 1.165) is 40.0 Å². The average Bonchev–Trinajstić information content (AvgIpc) is 3.36. The van der Waals surface area contributed by atoms with Crippen molar-refractivity contribution in [3.8, 4) is 23.0 Å². The first-order valence-corrected chi connectivity index (χ1v) is 13.3. The van der Waals surface area contributed by atoms with Crippen molar-refractivity contribution < 1.29 is 19.7 Å². The van der Waals surface area contributed by atoms with Gasteiger partial charge in [0.25, 0.3) is 0 Å². The van der Waals surface area contributed by atoms with Gasteiger partial charge in [-0.2, -0.15) is 0 Å². The van der Waals surface area contributed by atoms with Gasteiger partial charge < -0.3 is 19.7 Å². The Hall–Kier alpha value is -2.83. The molecule has 2 heterocycles. The first-order chi connectivity index (χ1) is 17.0. The summed E-state index contributed by atoms with van der Waals surface area (Å²) in [4.78, 5) is 3.42. The van der Waals surface area contributed by atoms with Crippen LogP contribution < -0.4 is 9.47 Å². The smallest absolute Gasteiger partial charge is 0.140 e. The van der Waals surface area contributed by atoms with E-state index in [2.05, 4.69) is 30.9 Å². The minimum atomic E-state index is -0.248. The Bertz CT molecular complexity index is 1150. The van der Waals surface area contributed by atoms with E-state index < -0.39 is 0 Å². The van der Waals surface area contributed by atoms with Crippen molar-refractivity contribution in [2.75, 3.05) is 19.7 Å². The molecular weight excluding hydrogens is 458 g/mol. The number of phenolic OH excluding ortho intramolecular Hbond substituents is 2. The number of benzene rings is 3. The summed E-state index contributed by atoms with van der Waals surface area (Å²) in [6, 6.07) is 21.0. The molecule has 2 aliphatic rings. The number of phenols is 2. The van der Waals surface area contributed by atoms with Crippen LogP contribution in [0.25, 0.3) is 0 Å².